The Hall–Kier alpha value is -1.74. The minimum absolute atomic E-state index is 0.123. The summed E-state index contributed by atoms with van der Waals surface area (Å²) < 4.78 is 22.7. The zero-order valence-electron chi connectivity index (χ0n) is 12.9. The Labute approximate surface area is 140 Å². The molecule has 0 aliphatic carbocycles. The molecule has 0 atom stereocenters. The number of nitrogens with zero attached hydrogens (tertiary/aromatic N) is 1. The molecule has 1 aromatic heterocycles. The summed E-state index contributed by atoms with van der Waals surface area (Å²) in [4.78, 5) is 14.8. The van der Waals surface area contributed by atoms with Crippen molar-refractivity contribution in [2.24, 2.45) is 5.14 Å². The quantitative estimate of drug-likeness (QED) is 0.820. The summed E-state index contributed by atoms with van der Waals surface area (Å²) in [7, 11) is 0.206. The van der Waals surface area contributed by atoms with Gasteiger partial charge in [-0.25, -0.2) is 13.6 Å². The summed E-state index contributed by atoms with van der Waals surface area (Å²) >= 11 is 1.11. The second kappa shape index (κ2) is 7.22. The summed E-state index contributed by atoms with van der Waals surface area (Å²) in [6.45, 7) is 1.35. The molecule has 1 aromatic carbocycles. The molecule has 0 bridgehead atoms. The molecule has 0 aliphatic rings. The molecule has 23 heavy (non-hydrogen) atoms. The van der Waals surface area contributed by atoms with E-state index < -0.39 is 10.0 Å². The second-order valence-corrected chi connectivity index (χ2v) is 8.17. The lowest BCUT2D eigenvalue weighted by atomic mass is 10.1. The zero-order valence-corrected chi connectivity index (χ0v) is 14.6. The molecule has 1 heterocycles. The molecule has 0 fully saturated rings. The third-order valence-electron chi connectivity index (χ3n) is 3.14. The van der Waals surface area contributed by atoms with Gasteiger partial charge in [-0.2, -0.15) is 0 Å². The molecule has 0 spiro atoms. The van der Waals surface area contributed by atoms with Gasteiger partial charge >= 0.3 is 0 Å². The Kier molecular flexibility index (Phi) is 5.53. The summed E-state index contributed by atoms with van der Waals surface area (Å²) in [5, 5.41) is 7.95. The summed E-state index contributed by atoms with van der Waals surface area (Å²) in [6.07, 6.45) is 0. The van der Waals surface area contributed by atoms with E-state index in [1.165, 1.54) is 6.07 Å². The van der Waals surface area contributed by atoms with Gasteiger partial charge in [-0.15, -0.1) is 11.3 Å². The highest BCUT2D eigenvalue weighted by Gasteiger charge is 2.12. The van der Waals surface area contributed by atoms with E-state index in [1.54, 1.807) is 30.3 Å². The highest BCUT2D eigenvalue weighted by Crippen LogP contribution is 2.30. The Balaban J connectivity index is 2.07. The normalized spacial score (nSPS) is 11.7. The van der Waals surface area contributed by atoms with Crippen molar-refractivity contribution in [3.63, 3.8) is 0 Å². The maximum absolute atomic E-state index is 12.0. The number of hydrogen-bond donors (Lipinski definition) is 2. The number of rotatable bonds is 6. The van der Waals surface area contributed by atoms with Crippen LogP contribution >= 0.6 is 11.3 Å². The molecule has 2 aromatic rings. The van der Waals surface area contributed by atoms with Gasteiger partial charge in [-0.3, -0.25) is 4.79 Å². The van der Waals surface area contributed by atoms with Gasteiger partial charge in [0.1, 0.15) is 4.21 Å². The summed E-state index contributed by atoms with van der Waals surface area (Å²) in [5.74, 6) is -0.130. The second-order valence-electron chi connectivity index (χ2n) is 5.30. The van der Waals surface area contributed by atoms with Crippen LogP contribution < -0.4 is 10.5 Å². The molecular formula is C15H19N3O3S2. The van der Waals surface area contributed by atoms with Crippen molar-refractivity contribution in [1.82, 2.24) is 10.2 Å². The summed E-state index contributed by atoms with van der Waals surface area (Å²) in [5.41, 5.74) is 1.41. The van der Waals surface area contributed by atoms with Crippen molar-refractivity contribution in [3.8, 4) is 10.4 Å². The van der Waals surface area contributed by atoms with Gasteiger partial charge < -0.3 is 10.2 Å². The number of carbonyl (C=O) groups is 1. The first-order valence-electron chi connectivity index (χ1n) is 6.93. The van der Waals surface area contributed by atoms with E-state index in [1.807, 2.05) is 19.0 Å². The largest absolute Gasteiger partial charge is 0.351 e. The number of nitrogens with one attached hydrogen (secondary N) is 1. The third-order valence-corrected chi connectivity index (χ3v) is 5.71. The lowest BCUT2D eigenvalue weighted by Crippen LogP contribution is -2.31. The predicted molar refractivity (Wildman–Crippen MR) is 92.0 cm³/mol. The standard InChI is InChI=1S/C15H19N3O3S2/c1-18(2)10-9-17-15(19)12-5-3-11(4-6-12)13-7-8-14(22-13)23(16,20)21/h3-8H,9-10H2,1-2H3,(H,17,19)(H2,16,20,21). The monoisotopic (exact) mass is 353 g/mol. The first-order chi connectivity index (χ1) is 10.8. The number of thiophene rings is 1. The van der Waals surface area contributed by atoms with Crippen molar-refractivity contribution in [2.75, 3.05) is 27.2 Å². The van der Waals surface area contributed by atoms with Gasteiger partial charge in [-0.1, -0.05) is 12.1 Å². The van der Waals surface area contributed by atoms with Crippen LogP contribution in [0, 0.1) is 0 Å². The highest BCUT2D eigenvalue weighted by atomic mass is 32.2. The lowest BCUT2D eigenvalue weighted by Gasteiger charge is -2.10. The van der Waals surface area contributed by atoms with E-state index in [2.05, 4.69) is 5.32 Å². The Morgan fingerprint density at radius 2 is 1.83 bits per heavy atom. The molecule has 0 saturated carbocycles. The number of primary sulfonamides is 1. The molecule has 8 heteroatoms. The Morgan fingerprint density at radius 1 is 1.17 bits per heavy atom. The Bertz CT molecular complexity index is 781. The van der Waals surface area contributed by atoms with Crippen LogP contribution in [0.3, 0.4) is 0 Å². The van der Waals surface area contributed by atoms with Crippen LogP contribution in [0.2, 0.25) is 0 Å². The molecule has 0 radical (unpaired) electrons. The topological polar surface area (TPSA) is 92.5 Å². The number of amides is 1. The van der Waals surface area contributed by atoms with E-state index in [4.69, 9.17) is 5.14 Å². The number of nitrogens with two attached hydrogens (primary N) is 1. The van der Waals surface area contributed by atoms with Gasteiger partial charge in [0.05, 0.1) is 0 Å². The summed E-state index contributed by atoms with van der Waals surface area (Å²) in [6, 6.07) is 10.2. The first-order valence-corrected chi connectivity index (χ1v) is 9.29. The van der Waals surface area contributed by atoms with E-state index in [0.29, 0.717) is 12.1 Å². The van der Waals surface area contributed by atoms with Crippen LogP contribution in [0.4, 0.5) is 0 Å². The fraction of sp³-hybridized carbons (Fsp3) is 0.267. The molecule has 0 unspecified atom stereocenters. The van der Waals surface area contributed by atoms with Gasteiger partial charge in [0, 0.05) is 23.5 Å². The molecule has 124 valence electrons. The molecular weight excluding hydrogens is 334 g/mol. The number of sulfonamides is 1. The number of likely N-dealkylation sites (N-methyl/N-ethyl adjacent to an activating group) is 1. The van der Waals surface area contributed by atoms with E-state index in [9.17, 15) is 13.2 Å². The van der Waals surface area contributed by atoms with Crippen LogP contribution in [0.15, 0.2) is 40.6 Å². The van der Waals surface area contributed by atoms with Crippen molar-refractivity contribution >= 4 is 27.3 Å². The van der Waals surface area contributed by atoms with Crippen LogP contribution in [0.5, 0.6) is 0 Å². The molecule has 0 aliphatic heterocycles. The average molecular weight is 353 g/mol. The molecule has 0 saturated heterocycles. The molecule has 3 N–H and O–H groups in total. The maximum Gasteiger partial charge on any atom is 0.251 e. The first kappa shape index (κ1) is 17.6. The van der Waals surface area contributed by atoms with Crippen LogP contribution in [0.25, 0.3) is 10.4 Å². The van der Waals surface area contributed by atoms with Crippen molar-refractivity contribution in [3.05, 3.63) is 42.0 Å². The number of hydrogen-bond acceptors (Lipinski definition) is 5. The minimum Gasteiger partial charge on any atom is -0.351 e. The van der Waals surface area contributed by atoms with E-state index in [0.717, 1.165) is 28.3 Å². The van der Waals surface area contributed by atoms with Gasteiger partial charge in [-0.05, 0) is 43.9 Å². The molecule has 6 nitrogen and oxygen atoms in total. The maximum atomic E-state index is 12.0. The fourth-order valence-corrected chi connectivity index (χ4v) is 3.64. The number of carbonyl (C=O) groups excluding carboxylic acids is 1. The Morgan fingerprint density at radius 3 is 2.35 bits per heavy atom. The van der Waals surface area contributed by atoms with Crippen LogP contribution in [-0.4, -0.2) is 46.4 Å². The SMILES string of the molecule is CN(C)CCNC(=O)c1ccc(-c2ccc(S(N)(=O)=O)s2)cc1. The minimum atomic E-state index is -3.68. The average Bonchev–Trinajstić information content (AvgIpc) is 2.97. The highest BCUT2D eigenvalue weighted by molar-refractivity contribution is 7.91. The van der Waals surface area contributed by atoms with E-state index in [-0.39, 0.29) is 10.1 Å². The smallest absolute Gasteiger partial charge is 0.251 e. The predicted octanol–water partition coefficient (Wildman–Crippen LogP) is 1.35. The van der Waals surface area contributed by atoms with Crippen molar-refractivity contribution in [2.45, 2.75) is 4.21 Å². The third kappa shape index (κ3) is 4.87. The number of benzene rings is 1. The van der Waals surface area contributed by atoms with Gasteiger partial charge in [0.15, 0.2) is 0 Å². The van der Waals surface area contributed by atoms with E-state index >= 15 is 0 Å². The molecule has 1 amide bonds. The lowest BCUT2D eigenvalue weighted by molar-refractivity contribution is 0.0951. The van der Waals surface area contributed by atoms with Crippen molar-refractivity contribution < 1.29 is 13.2 Å². The van der Waals surface area contributed by atoms with Gasteiger partial charge in [0.2, 0.25) is 10.0 Å². The van der Waals surface area contributed by atoms with Crippen LogP contribution in [0.1, 0.15) is 10.4 Å². The fourth-order valence-electron chi connectivity index (χ4n) is 1.91. The molecule has 2 rings (SSSR count). The zero-order chi connectivity index (χ0) is 17.0. The van der Waals surface area contributed by atoms with Gasteiger partial charge in [0.25, 0.3) is 5.91 Å². The van der Waals surface area contributed by atoms with Crippen molar-refractivity contribution in [1.29, 1.82) is 0 Å². The van der Waals surface area contributed by atoms with Crippen LogP contribution in [-0.2, 0) is 10.0 Å².